The highest BCUT2D eigenvalue weighted by molar-refractivity contribution is 9.10. The number of aromatic nitrogens is 1. The molecule has 1 aromatic heterocycles. The molecular weight excluding hydrogens is 456 g/mol. The van der Waals surface area contributed by atoms with Gasteiger partial charge in [0, 0.05) is 21.6 Å². The average molecular weight is 475 g/mol. The van der Waals surface area contributed by atoms with Gasteiger partial charge < -0.3 is 10.6 Å². The van der Waals surface area contributed by atoms with E-state index in [4.69, 9.17) is 5.14 Å². The predicted octanol–water partition coefficient (Wildman–Crippen LogP) is 2.34. The van der Waals surface area contributed by atoms with E-state index < -0.39 is 22.0 Å². The number of anilines is 1. The molecule has 8 nitrogen and oxygen atoms in total. The molecule has 4 N–H and O–H groups in total. The molecule has 0 bridgehead atoms. The Bertz CT molecular complexity index is 930. The normalized spacial score (nSPS) is 12.6. The number of amides is 2. The summed E-state index contributed by atoms with van der Waals surface area (Å²) in [5, 5.41) is 12.6. The van der Waals surface area contributed by atoms with Crippen LogP contribution in [0, 0.1) is 5.92 Å². The molecular formula is C16H19BrN4O4S2. The SMILES string of the molecule is CC(C)CC(NC(=O)c1ccc(S(N)(=O)=O)c(Br)c1)C(=O)Nc1nccs1. The van der Waals surface area contributed by atoms with Gasteiger partial charge in [0.1, 0.15) is 6.04 Å². The Labute approximate surface area is 169 Å². The molecule has 1 aromatic carbocycles. The van der Waals surface area contributed by atoms with E-state index in [-0.39, 0.29) is 26.8 Å². The van der Waals surface area contributed by atoms with Crippen LogP contribution in [0.1, 0.15) is 30.6 Å². The Morgan fingerprint density at radius 1 is 1.33 bits per heavy atom. The third-order valence-electron chi connectivity index (χ3n) is 3.49. The summed E-state index contributed by atoms with van der Waals surface area (Å²) in [6.45, 7) is 3.88. The number of sulfonamides is 1. The van der Waals surface area contributed by atoms with Crippen molar-refractivity contribution in [3.8, 4) is 0 Å². The van der Waals surface area contributed by atoms with Gasteiger partial charge in [-0.05, 0) is 46.5 Å². The van der Waals surface area contributed by atoms with Crippen LogP contribution in [0.25, 0.3) is 0 Å². The summed E-state index contributed by atoms with van der Waals surface area (Å²) in [7, 11) is -3.91. The van der Waals surface area contributed by atoms with Crippen molar-refractivity contribution in [2.45, 2.75) is 31.2 Å². The van der Waals surface area contributed by atoms with E-state index in [9.17, 15) is 18.0 Å². The molecule has 1 unspecified atom stereocenters. The number of carbonyl (C=O) groups excluding carboxylic acids is 2. The van der Waals surface area contributed by atoms with E-state index in [2.05, 4.69) is 31.5 Å². The van der Waals surface area contributed by atoms with Crippen LogP contribution in [0.15, 0.2) is 39.1 Å². The van der Waals surface area contributed by atoms with E-state index in [1.165, 1.54) is 29.5 Å². The van der Waals surface area contributed by atoms with Crippen LogP contribution in [0.4, 0.5) is 5.13 Å². The number of halogens is 1. The van der Waals surface area contributed by atoms with Crippen molar-refractivity contribution in [2.24, 2.45) is 11.1 Å². The van der Waals surface area contributed by atoms with Gasteiger partial charge in [0.25, 0.3) is 5.91 Å². The van der Waals surface area contributed by atoms with Gasteiger partial charge in [0.05, 0.1) is 4.90 Å². The second-order valence-corrected chi connectivity index (χ2v) is 9.45. The summed E-state index contributed by atoms with van der Waals surface area (Å²) in [5.41, 5.74) is 0.199. The second kappa shape index (κ2) is 8.91. The summed E-state index contributed by atoms with van der Waals surface area (Å²) in [6.07, 6.45) is 2.00. The fraction of sp³-hybridized carbons (Fsp3) is 0.312. The largest absolute Gasteiger partial charge is 0.340 e. The lowest BCUT2D eigenvalue weighted by Crippen LogP contribution is -2.44. The zero-order valence-corrected chi connectivity index (χ0v) is 17.8. The molecule has 2 amide bonds. The number of nitrogens with two attached hydrogens (primary N) is 1. The maximum atomic E-state index is 12.6. The Morgan fingerprint density at radius 3 is 2.56 bits per heavy atom. The summed E-state index contributed by atoms with van der Waals surface area (Å²) in [6, 6.07) is 3.16. The number of primary sulfonamides is 1. The summed E-state index contributed by atoms with van der Waals surface area (Å²) >= 11 is 4.38. The molecule has 0 spiro atoms. The maximum Gasteiger partial charge on any atom is 0.251 e. The molecule has 0 fully saturated rings. The highest BCUT2D eigenvalue weighted by Gasteiger charge is 2.24. The molecule has 0 aliphatic rings. The highest BCUT2D eigenvalue weighted by atomic mass is 79.9. The number of rotatable bonds is 7. The third-order valence-corrected chi connectivity index (χ3v) is 6.07. The standard InChI is InChI=1S/C16H19BrN4O4S2/c1-9(2)7-12(15(23)21-16-19-5-6-26-16)20-14(22)10-3-4-13(11(17)8-10)27(18,24)25/h3-6,8-9,12H,7H2,1-2H3,(H,20,22)(H2,18,24,25)(H,19,21,23). The number of thiazole rings is 1. The zero-order valence-electron chi connectivity index (χ0n) is 14.6. The van der Waals surface area contributed by atoms with Gasteiger partial charge in [-0.1, -0.05) is 13.8 Å². The minimum Gasteiger partial charge on any atom is -0.340 e. The van der Waals surface area contributed by atoms with Gasteiger partial charge in [-0.25, -0.2) is 18.5 Å². The maximum absolute atomic E-state index is 12.6. The number of nitrogens with one attached hydrogen (secondary N) is 2. The number of nitrogens with zero attached hydrogens (tertiary/aromatic N) is 1. The molecule has 0 aliphatic heterocycles. The van der Waals surface area contributed by atoms with Gasteiger partial charge in [-0.15, -0.1) is 11.3 Å². The molecule has 27 heavy (non-hydrogen) atoms. The molecule has 11 heteroatoms. The number of carbonyl (C=O) groups is 2. The molecule has 1 atom stereocenters. The van der Waals surface area contributed by atoms with E-state index >= 15 is 0 Å². The first kappa shape index (κ1) is 21.5. The molecule has 2 rings (SSSR count). The number of benzene rings is 1. The van der Waals surface area contributed by atoms with Crippen molar-refractivity contribution in [1.29, 1.82) is 0 Å². The van der Waals surface area contributed by atoms with Gasteiger partial charge in [-0.2, -0.15) is 0 Å². The molecule has 0 aliphatic carbocycles. The van der Waals surface area contributed by atoms with Crippen LogP contribution in [0.5, 0.6) is 0 Å². The Hall–Kier alpha value is -1.82. The zero-order chi connectivity index (χ0) is 20.2. The van der Waals surface area contributed by atoms with Crippen LogP contribution in [0.3, 0.4) is 0 Å². The molecule has 1 heterocycles. The lowest BCUT2D eigenvalue weighted by molar-refractivity contribution is -0.118. The van der Waals surface area contributed by atoms with Crippen molar-refractivity contribution in [3.63, 3.8) is 0 Å². The molecule has 2 aromatic rings. The van der Waals surface area contributed by atoms with E-state index in [1.54, 1.807) is 11.6 Å². The van der Waals surface area contributed by atoms with Gasteiger partial charge in [-0.3, -0.25) is 9.59 Å². The van der Waals surface area contributed by atoms with Crippen molar-refractivity contribution >= 4 is 54.2 Å². The predicted molar refractivity (Wildman–Crippen MR) is 107 cm³/mol. The third kappa shape index (κ3) is 6.09. The first-order chi connectivity index (χ1) is 12.6. The lowest BCUT2D eigenvalue weighted by Gasteiger charge is -2.19. The van der Waals surface area contributed by atoms with E-state index in [0.717, 1.165) is 0 Å². The van der Waals surface area contributed by atoms with Gasteiger partial charge >= 0.3 is 0 Å². The summed E-state index contributed by atoms with van der Waals surface area (Å²) < 4.78 is 23.1. The summed E-state index contributed by atoms with van der Waals surface area (Å²) in [5.74, 6) is -0.710. The fourth-order valence-corrected chi connectivity index (χ4v) is 4.47. The number of hydrogen-bond acceptors (Lipinski definition) is 6. The minimum atomic E-state index is -3.91. The minimum absolute atomic E-state index is 0.126. The van der Waals surface area contributed by atoms with Crippen LogP contribution in [0.2, 0.25) is 0 Å². The van der Waals surface area contributed by atoms with Crippen LogP contribution >= 0.6 is 27.3 Å². The Kier molecular flexibility index (Phi) is 7.09. The van der Waals surface area contributed by atoms with Crippen molar-refractivity contribution in [2.75, 3.05) is 5.32 Å². The fourth-order valence-electron chi connectivity index (χ4n) is 2.29. The molecule has 0 radical (unpaired) electrons. The van der Waals surface area contributed by atoms with Crippen LogP contribution < -0.4 is 15.8 Å². The van der Waals surface area contributed by atoms with Crippen LogP contribution in [-0.2, 0) is 14.8 Å². The first-order valence-corrected chi connectivity index (χ1v) is 11.1. The molecule has 0 saturated carbocycles. The van der Waals surface area contributed by atoms with E-state index in [0.29, 0.717) is 11.6 Å². The lowest BCUT2D eigenvalue weighted by atomic mass is 10.0. The Morgan fingerprint density at radius 2 is 2.04 bits per heavy atom. The van der Waals surface area contributed by atoms with Crippen molar-refractivity contribution in [3.05, 3.63) is 39.8 Å². The summed E-state index contributed by atoms with van der Waals surface area (Å²) in [4.78, 5) is 28.9. The van der Waals surface area contributed by atoms with Crippen molar-refractivity contribution in [1.82, 2.24) is 10.3 Å². The van der Waals surface area contributed by atoms with Gasteiger partial charge in [0.15, 0.2) is 5.13 Å². The van der Waals surface area contributed by atoms with E-state index in [1.807, 2.05) is 13.8 Å². The smallest absolute Gasteiger partial charge is 0.251 e. The quantitative estimate of drug-likeness (QED) is 0.566. The highest BCUT2D eigenvalue weighted by Crippen LogP contribution is 2.22. The molecule has 146 valence electrons. The number of hydrogen-bond donors (Lipinski definition) is 3. The van der Waals surface area contributed by atoms with Crippen LogP contribution in [-0.4, -0.2) is 31.3 Å². The molecule has 0 saturated heterocycles. The van der Waals surface area contributed by atoms with Crippen molar-refractivity contribution < 1.29 is 18.0 Å². The first-order valence-electron chi connectivity index (χ1n) is 7.91. The average Bonchev–Trinajstić information content (AvgIpc) is 3.05. The topological polar surface area (TPSA) is 131 Å². The monoisotopic (exact) mass is 474 g/mol. The second-order valence-electron chi connectivity index (χ2n) is 6.17. The van der Waals surface area contributed by atoms with Gasteiger partial charge in [0.2, 0.25) is 15.9 Å². The Balaban J connectivity index is 2.17.